The summed E-state index contributed by atoms with van der Waals surface area (Å²) in [6.45, 7) is 1.14. The number of hydrogen-bond acceptors (Lipinski definition) is 8. The predicted octanol–water partition coefficient (Wildman–Crippen LogP) is 1.97. The fourth-order valence-electron chi connectivity index (χ4n) is 3.50. The summed E-state index contributed by atoms with van der Waals surface area (Å²) in [5, 5.41) is 8.24. The average Bonchev–Trinajstić information content (AvgIpc) is 3.30. The summed E-state index contributed by atoms with van der Waals surface area (Å²) in [4.78, 5) is 37.2. The lowest BCUT2D eigenvalue weighted by Gasteiger charge is -2.08. The number of fused-ring (bicyclic) bond motifs is 3. The number of aliphatic imine (C=N–C) groups is 1. The van der Waals surface area contributed by atoms with Gasteiger partial charge in [-0.2, -0.15) is 5.10 Å². The Bertz CT molecular complexity index is 1500. The highest BCUT2D eigenvalue weighted by molar-refractivity contribution is 7.19. The van der Waals surface area contributed by atoms with Crippen LogP contribution in [-0.4, -0.2) is 43.5 Å². The quantitative estimate of drug-likeness (QED) is 0.416. The number of thiazole rings is 1. The minimum Gasteiger partial charge on any atom is -0.404 e. The van der Waals surface area contributed by atoms with Gasteiger partial charge in [-0.1, -0.05) is 0 Å². The number of allylic oxidation sites excluding steroid dienone is 1. The van der Waals surface area contributed by atoms with Gasteiger partial charge in [0.2, 0.25) is 5.91 Å². The summed E-state index contributed by atoms with van der Waals surface area (Å²) in [6.07, 6.45) is 5.27. The molecule has 0 aliphatic rings. The molecule has 4 aromatic heterocycles. The molecule has 0 bridgehead atoms. The molecule has 0 radical (unpaired) electrons. The lowest BCUT2D eigenvalue weighted by atomic mass is 10.2. The van der Waals surface area contributed by atoms with E-state index in [9.17, 15) is 14.0 Å². The number of aromatic nitrogens is 5. The minimum absolute atomic E-state index is 0.00896. The number of nitrogens with two attached hydrogens (primary N) is 1. The van der Waals surface area contributed by atoms with Crippen LogP contribution in [0.4, 0.5) is 10.2 Å². The molecule has 0 fully saturated rings. The first-order valence-corrected chi connectivity index (χ1v) is 10.7. The first kappa shape index (κ1) is 22.3. The molecule has 0 atom stereocenters. The molecule has 4 rings (SSSR count). The summed E-state index contributed by atoms with van der Waals surface area (Å²) in [7, 11) is 3.42. The maximum atomic E-state index is 14.3. The van der Waals surface area contributed by atoms with Gasteiger partial charge in [0, 0.05) is 39.0 Å². The molecule has 33 heavy (non-hydrogen) atoms. The Kier molecular flexibility index (Phi) is 6.01. The molecule has 170 valence electrons. The number of aryl methyl sites for hydroxylation is 1. The maximum Gasteiger partial charge on any atom is 0.291 e. The number of pyridine rings is 1. The summed E-state index contributed by atoms with van der Waals surface area (Å²) in [5.41, 5.74) is 7.15. The molecule has 12 heteroatoms. The summed E-state index contributed by atoms with van der Waals surface area (Å²) in [5.74, 6) is -0.733. The van der Waals surface area contributed by atoms with E-state index >= 15 is 0 Å². The van der Waals surface area contributed by atoms with Gasteiger partial charge in [0.1, 0.15) is 27.9 Å². The van der Waals surface area contributed by atoms with Crippen molar-refractivity contribution < 1.29 is 9.18 Å². The van der Waals surface area contributed by atoms with Crippen LogP contribution in [0.15, 0.2) is 39.9 Å². The molecule has 1 amide bonds. The predicted molar refractivity (Wildman–Crippen MR) is 126 cm³/mol. The first-order chi connectivity index (χ1) is 15.8. The average molecular weight is 469 g/mol. The fraction of sp³-hybridized carbons (Fsp3) is 0.238. The van der Waals surface area contributed by atoms with Gasteiger partial charge < -0.3 is 15.6 Å². The largest absolute Gasteiger partial charge is 0.404 e. The van der Waals surface area contributed by atoms with Crippen molar-refractivity contribution in [2.45, 2.75) is 19.9 Å². The highest BCUT2D eigenvalue weighted by atomic mass is 32.1. The molecule has 4 aromatic rings. The Labute approximate surface area is 191 Å². The van der Waals surface area contributed by atoms with Crippen LogP contribution in [0, 0.1) is 5.82 Å². The number of anilines is 1. The van der Waals surface area contributed by atoms with Crippen molar-refractivity contribution in [2.75, 3.05) is 12.4 Å². The van der Waals surface area contributed by atoms with Crippen molar-refractivity contribution in [1.29, 1.82) is 0 Å². The van der Waals surface area contributed by atoms with Gasteiger partial charge in [-0.3, -0.25) is 14.6 Å². The molecular weight excluding hydrogens is 447 g/mol. The standard InChI is InChI=1S/C21H21FN8O2S/c1-11(31)26-16-5-4-14(22)15(27-16)10-30-21(32)18-13(9-25-30)19-20(29(18)3)28-17(33-19)6-12(7-23)8-24-2/h4-5,7-9H,6,10,23H2,1-3H3,(H,26,27,31). The summed E-state index contributed by atoms with van der Waals surface area (Å²) < 4.78 is 18.0. The van der Waals surface area contributed by atoms with Crippen LogP contribution in [0.1, 0.15) is 17.6 Å². The number of halogens is 1. The third-order valence-electron chi connectivity index (χ3n) is 4.96. The van der Waals surface area contributed by atoms with E-state index < -0.39 is 11.4 Å². The van der Waals surface area contributed by atoms with Gasteiger partial charge in [-0.15, -0.1) is 11.3 Å². The van der Waals surface area contributed by atoms with E-state index in [-0.39, 0.29) is 24.0 Å². The smallest absolute Gasteiger partial charge is 0.291 e. The minimum atomic E-state index is -0.601. The number of hydrogen-bond donors (Lipinski definition) is 2. The van der Waals surface area contributed by atoms with E-state index in [1.165, 1.54) is 36.6 Å². The van der Waals surface area contributed by atoms with Crippen LogP contribution in [0.3, 0.4) is 0 Å². The van der Waals surface area contributed by atoms with Gasteiger partial charge in [-0.25, -0.2) is 19.0 Å². The first-order valence-electron chi connectivity index (χ1n) is 9.92. The van der Waals surface area contributed by atoms with E-state index in [1.807, 2.05) is 0 Å². The molecular formula is C21H21FN8O2S. The number of nitrogens with one attached hydrogen (secondary N) is 1. The topological polar surface area (TPSA) is 133 Å². The SMILES string of the molecule is CN=CC(=CN)Cc1nc2c(s1)c1cnn(Cc3nc(NC(C)=O)ccc3F)c(=O)c1n2C. The van der Waals surface area contributed by atoms with E-state index in [4.69, 9.17) is 5.73 Å². The van der Waals surface area contributed by atoms with Gasteiger partial charge in [0.25, 0.3) is 5.56 Å². The van der Waals surface area contributed by atoms with Crippen molar-refractivity contribution in [3.63, 3.8) is 0 Å². The van der Waals surface area contributed by atoms with Crippen LogP contribution >= 0.6 is 11.3 Å². The number of nitrogens with zero attached hydrogens (tertiary/aromatic N) is 6. The van der Waals surface area contributed by atoms with Crippen LogP contribution in [-0.2, 0) is 24.8 Å². The zero-order valence-corrected chi connectivity index (χ0v) is 19.0. The van der Waals surface area contributed by atoms with E-state index in [2.05, 4.69) is 25.4 Å². The lowest BCUT2D eigenvalue weighted by molar-refractivity contribution is -0.114. The number of rotatable bonds is 6. The molecule has 0 aliphatic heterocycles. The van der Waals surface area contributed by atoms with Gasteiger partial charge in [0.05, 0.1) is 17.4 Å². The third kappa shape index (κ3) is 4.24. The molecule has 0 spiro atoms. The number of carbonyl (C=O) groups is 1. The zero-order valence-electron chi connectivity index (χ0n) is 18.2. The Morgan fingerprint density at radius 3 is 2.85 bits per heavy atom. The Morgan fingerprint density at radius 2 is 2.15 bits per heavy atom. The molecule has 0 unspecified atom stereocenters. The maximum absolute atomic E-state index is 14.3. The van der Waals surface area contributed by atoms with Crippen LogP contribution in [0.25, 0.3) is 21.3 Å². The summed E-state index contributed by atoms with van der Waals surface area (Å²) in [6, 6.07) is 2.54. The Morgan fingerprint density at radius 1 is 1.36 bits per heavy atom. The van der Waals surface area contributed by atoms with Crippen molar-refractivity contribution >= 4 is 50.5 Å². The normalized spacial score (nSPS) is 12.3. The van der Waals surface area contributed by atoms with Gasteiger partial charge in [-0.05, 0) is 23.9 Å². The second kappa shape index (κ2) is 8.90. The van der Waals surface area contributed by atoms with E-state index in [1.54, 1.807) is 31.1 Å². The van der Waals surface area contributed by atoms with Gasteiger partial charge in [0.15, 0.2) is 5.65 Å². The molecule has 0 aliphatic carbocycles. The lowest BCUT2D eigenvalue weighted by Crippen LogP contribution is -2.25. The monoisotopic (exact) mass is 468 g/mol. The Balaban J connectivity index is 1.73. The molecule has 4 heterocycles. The Hall–Kier alpha value is -3.93. The van der Waals surface area contributed by atoms with E-state index in [0.717, 1.165) is 20.0 Å². The molecule has 10 nitrogen and oxygen atoms in total. The van der Waals surface area contributed by atoms with Crippen LogP contribution < -0.4 is 16.6 Å². The van der Waals surface area contributed by atoms with Crippen LogP contribution in [0.2, 0.25) is 0 Å². The van der Waals surface area contributed by atoms with Crippen LogP contribution in [0.5, 0.6) is 0 Å². The highest BCUT2D eigenvalue weighted by Crippen LogP contribution is 2.31. The van der Waals surface area contributed by atoms with Gasteiger partial charge >= 0.3 is 0 Å². The zero-order chi connectivity index (χ0) is 23.7. The number of amides is 1. The molecule has 3 N–H and O–H groups in total. The van der Waals surface area contributed by atoms with Crippen molar-refractivity contribution in [3.05, 3.63) is 57.0 Å². The second-order valence-corrected chi connectivity index (χ2v) is 8.38. The van der Waals surface area contributed by atoms with Crippen molar-refractivity contribution in [3.8, 4) is 0 Å². The van der Waals surface area contributed by atoms with Crippen molar-refractivity contribution in [2.24, 2.45) is 17.8 Å². The summed E-state index contributed by atoms with van der Waals surface area (Å²) >= 11 is 1.46. The third-order valence-corrected chi connectivity index (χ3v) is 6.03. The highest BCUT2D eigenvalue weighted by Gasteiger charge is 2.19. The molecule has 0 aromatic carbocycles. The molecule has 0 saturated heterocycles. The second-order valence-electron chi connectivity index (χ2n) is 7.30. The van der Waals surface area contributed by atoms with E-state index in [0.29, 0.717) is 23.0 Å². The molecule has 0 saturated carbocycles. The number of carbonyl (C=O) groups excluding carboxylic acids is 1. The van der Waals surface area contributed by atoms with Crippen molar-refractivity contribution in [1.82, 2.24) is 24.3 Å². The fourth-order valence-corrected chi connectivity index (χ4v) is 4.64.